The number of benzene rings is 1. The maximum absolute atomic E-state index is 13.4. The second-order valence-electron chi connectivity index (χ2n) is 6.55. The Morgan fingerprint density at radius 1 is 1.35 bits per heavy atom. The Hall–Kier alpha value is -1.09. The minimum Gasteiger partial charge on any atom is -0.368 e. The highest BCUT2D eigenvalue weighted by atomic mass is 19.1. The Kier molecular flexibility index (Phi) is 4.69. The van der Waals surface area contributed by atoms with Crippen molar-refractivity contribution in [1.29, 1.82) is 0 Å². The van der Waals surface area contributed by atoms with Gasteiger partial charge >= 0.3 is 0 Å². The van der Waals surface area contributed by atoms with Gasteiger partial charge in [0.15, 0.2) is 0 Å². The standard InChI is InChI=1S/C17H27FN2/c1-13(2)14-7-9-17(12-19,10-8-14)20(3)16-6-4-5-15(18)11-16/h4-6,11,13-14H,7-10,12,19H2,1-3H3. The molecule has 1 saturated carbocycles. The summed E-state index contributed by atoms with van der Waals surface area (Å²) in [6.07, 6.45) is 4.63. The van der Waals surface area contributed by atoms with E-state index in [2.05, 4.69) is 25.8 Å². The Morgan fingerprint density at radius 3 is 2.50 bits per heavy atom. The lowest BCUT2D eigenvalue weighted by Gasteiger charge is -2.47. The average molecular weight is 278 g/mol. The molecule has 112 valence electrons. The summed E-state index contributed by atoms with van der Waals surface area (Å²) in [6, 6.07) is 6.83. The molecule has 0 saturated heterocycles. The molecule has 1 aliphatic carbocycles. The zero-order chi connectivity index (χ0) is 14.8. The fourth-order valence-corrected chi connectivity index (χ4v) is 3.48. The molecule has 1 fully saturated rings. The van der Waals surface area contributed by atoms with Gasteiger partial charge in [0.1, 0.15) is 5.82 Å². The number of halogens is 1. The van der Waals surface area contributed by atoms with E-state index in [9.17, 15) is 4.39 Å². The van der Waals surface area contributed by atoms with Crippen LogP contribution in [0, 0.1) is 17.7 Å². The Labute approximate surface area is 122 Å². The summed E-state index contributed by atoms with van der Waals surface area (Å²) in [5.74, 6) is 1.36. The molecule has 2 rings (SSSR count). The first-order chi connectivity index (χ1) is 9.48. The van der Waals surface area contributed by atoms with Gasteiger partial charge < -0.3 is 10.6 Å². The summed E-state index contributed by atoms with van der Waals surface area (Å²) in [7, 11) is 2.05. The van der Waals surface area contributed by atoms with Gasteiger partial charge in [-0.25, -0.2) is 4.39 Å². The number of nitrogens with zero attached hydrogens (tertiary/aromatic N) is 1. The molecular weight excluding hydrogens is 251 g/mol. The summed E-state index contributed by atoms with van der Waals surface area (Å²) < 4.78 is 13.4. The molecule has 3 heteroatoms. The Bertz CT molecular complexity index is 436. The van der Waals surface area contributed by atoms with Gasteiger partial charge in [0.2, 0.25) is 0 Å². The van der Waals surface area contributed by atoms with Crippen LogP contribution in [0.5, 0.6) is 0 Å². The van der Waals surface area contributed by atoms with E-state index in [0.29, 0.717) is 6.54 Å². The zero-order valence-corrected chi connectivity index (χ0v) is 12.9. The highest BCUT2D eigenvalue weighted by Gasteiger charge is 2.38. The van der Waals surface area contributed by atoms with Crippen LogP contribution in [0.3, 0.4) is 0 Å². The molecule has 0 radical (unpaired) electrons. The number of hydrogen-bond acceptors (Lipinski definition) is 2. The van der Waals surface area contributed by atoms with Crippen LogP contribution in [0.4, 0.5) is 10.1 Å². The number of nitrogens with two attached hydrogens (primary N) is 1. The van der Waals surface area contributed by atoms with E-state index in [1.54, 1.807) is 12.1 Å². The van der Waals surface area contributed by atoms with Crippen molar-refractivity contribution in [3.63, 3.8) is 0 Å². The quantitative estimate of drug-likeness (QED) is 0.907. The maximum Gasteiger partial charge on any atom is 0.125 e. The van der Waals surface area contributed by atoms with Crippen molar-refractivity contribution in [3.05, 3.63) is 30.1 Å². The predicted molar refractivity (Wildman–Crippen MR) is 83.4 cm³/mol. The highest BCUT2D eigenvalue weighted by Crippen LogP contribution is 2.40. The largest absolute Gasteiger partial charge is 0.368 e. The van der Waals surface area contributed by atoms with Crippen LogP contribution in [0.1, 0.15) is 39.5 Å². The molecular formula is C17H27FN2. The van der Waals surface area contributed by atoms with Crippen LogP contribution >= 0.6 is 0 Å². The summed E-state index contributed by atoms with van der Waals surface area (Å²) in [4.78, 5) is 2.20. The molecule has 0 atom stereocenters. The topological polar surface area (TPSA) is 29.3 Å². The molecule has 0 spiro atoms. The molecule has 1 aliphatic rings. The van der Waals surface area contributed by atoms with Crippen molar-refractivity contribution in [3.8, 4) is 0 Å². The second kappa shape index (κ2) is 6.13. The smallest absolute Gasteiger partial charge is 0.125 e. The zero-order valence-electron chi connectivity index (χ0n) is 12.9. The molecule has 0 aromatic heterocycles. The van der Waals surface area contributed by atoms with Crippen LogP contribution < -0.4 is 10.6 Å². The molecule has 20 heavy (non-hydrogen) atoms. The summed E-state index contributed by atoms with van der Waals surface area (Å²) >= 11 is 0. The van der Waals surface area contributed by atoms with E-state index in [1.165, 1.54) is 18.9 Å². The van der Waals surface area contributed by atoms with E-state index >= 15 is 0 Å². The van der Waals surface area contributed by atoms with Gasteiger partial charge in [-0.15, -0.1) is 0 Å². The fraction of sp³-hybridized carbons (Fsp3) is 0.647. The minimum absolute atomic E-state index is 0.0147. The third kappa shape index (κ3) is 2.98. The molecule has 0 aliphatic heterocycles. The Balaban J connectivity index is 2.16. The molecule has 0 amide bonds. The van der Waals surface area contributed by atoms with Crippen LogP contribution in [0.25, 0.3) is 0 Å². The second-order valence-corrected chi connectivity index (χ2v) is 6.55. The molecule has 2 N–H and O–H groups in total. The first-order valence-electron chi connectivity index (χ1n) is 7.68. The lowest BCUT2D eigenvalue weighted by Crippen LogP contribution is -2.54. The van der Waals surface area contributed by atoms with Crippen LogP contribution in [-0.2, 0) is 0 Å². The third-order valence-corrected chi connectivity index (χ3v) is 5.19. The summed E-state index contributed by atoms with van der Waals surface area (Å²) in [6.45, 7) is 5.23. The first kappa shape index (κ1) is 15.3. The van der Waals surface area contributed by atoms with Gasteiger partial charge in [-0.1, -0.05) is 19.9 Å². The van der Waals surface area contributed by atoms with E-state index in [0.717, 1.165) is 30.4 Å². The van der Waals surface area contributed by atoms with Gasteiger partial charge in [0, 0.05) is 19.3 Å². The van der Waals surface area contributed by atoms with Crippen molar-refractivity contribution in [1.82, 2.24) is 0 Å². The predicted octanol–water partition coefficient (Wildman–Crippen LogP) is 3.81. The van der Waals surface area contributed by atoms with E-state index in [-0.39, 0.29) is 11.4 Å². The van der Waals surface area contributed by atoms with Crippen molar-refractivity contribution in [2.24, 2.45) is 17.6 Å². The summed E-state index contributed by atoms with van der Waals surface area (Å²) in [5, 5.41) is 0. The van der Waals surface area contributed by atoms with Crippen molar-refractivity contribution >= 4 is 5.69 Å². The molecule has 0 heterocycles. The molecule has 1 aromatic carbocycles. The lowest BCUT2D eigenvalue weighted by molar-refractivity contribution is 0.194. The Morgan fingerprint density at radius 2 is 2.00 bits per heavy atom. The van der Waals surface area contributed by atoms with E-state index in [4.69, 9.17) is 5.73 Å². The first-order valence-corrected chi connectivity index (χ1v) is 7.68. The normalized spacial score (nSPS) is 26.8. The summed E-state index contributed by atoms with van der Waals surface area (Å²) in [5.41, 5.74) is 7.02. The molecule has 0 bridgehead atoms. The van der Waals surface area contributed by atoms with Gasteiger partial charge in [-0.2, -0.15) is 0 Å². The lowest BCUT2D eigenvalue weighted by atomic mass is 9.72. The molecule has 2 nitrogen and oxygen atoms in total. The highest BCUT2D eigenvalue weighted by molar-refractivity contribution is 5.48. The monoisotopic (exact) mass is 278 g/mol. The minimum atomic E-state index is -0.183. The van der Waals surface area contributed by atoms with Crippen molar-refractivity contribution in [2.45, 2.75) is 45.1 Å². The number of rotatable bonds is 4. The SMILES string of the molecule is CC(C)C1CCC(CN)(N(C)c2cccc(F)c2)CC1. The third-order valence-electron chi connectivity index (χ3n) is 5.19. The van der Waals surface area contributed by atoms with Crippen LogP contribution in [-0.4, -0.2) is 19.1 Å². The number of hydrogen-bond donors (Lipinski definition) is 1. The maximum atomic E-state index is 13.4. The van der Waals surface area contributed by atoms with Crippen LogP contribution in [0.2, 0.25) is 0 Å². The molecule has 0 unspecified atom stereocenters. The van der Waals surface area contributed by atoms with E-state index < -0.39 is 0 Å². The van der Waals surface area contributed by atoms with Gasteiger partial charge in [-0.3, -0.25) is 0 Å². The van der Waals surface area contributed by atoms with Gasteiger partial charge in [0.25, 0.3) is 0 Å². The van der Waals surface area contributed by atoms with Crippen molar-refractivity contribution in [2.75, 3.05) is 18.5 Å². The number of anilines is 1. The molecule has 1 aromatic rings. The van der Waals surface area contributed by atoms with Gasteiger partial charge in [-0.05, 0) is 55.7 Å². The average Bonchev–Trinajstić information content (AvgIpc) is 2.46. The number of likely N-dealkylation sites (N-methyl/N-ethyl adjacent to an activating group) is 1. The van der Waals surface area contributed by atoms with E-state index in [1.807, 2.05) is 6.07 Å². The van der Waals surface area contributed by atoms with Crippen LogP contribution in [0.15, 0.2) is 24.3 Å². The fourth-order valence-electron chi connectivity index (χ4n) is 3.48. The van der Waals surface area contributed by atoms with Gasteiger partial charge in [0.05, 0.1) is 5.54 Å². The van der Waals surface area contributed by atoms with Crippen molar-refractivity contribution < 1.29 is 4.39 Å².